The van der Waals surface area contributed by atoms with Crippen molar-refractivity contribution < 1.29 is 9.47 Å². The monoisotopic (exact) mass is 457 g/mol. The maximum absolute atomic E-state index is 5.93. The van der Waals surface area contributed by atoms with Crippen LogP contribution in [0.4, 0.5) is 11.6 Å². The highest BCUT2D eigenvalue weighted by Gasteiger charge is 2.14. The highest BCUT2D eigenvalue weighted by atomic mass is 16.5. The van der Waals surface area contributed by atoms with E-state index in [0.717, 1.165) is 61.0 Å². The molecular formula is C27H31N5O2. The van der Waals surface area contributed by atoms with Crippen molar-refractivity contribution in [1.82, 2.24) is 19.4 Å². The number of rotatable bonds is 7. The van der Waals surface area contributed by atoms with Crippen LogP contribution in [0.15, 0.2) is 60.9 Å². The van der Waals surface area contributed by atoms with Crippen molar-refractivity contribution >= 4 is 22.7 Å². The second-order valence-electron chi connectivity index (χ2n) is 8.95. The van der Waals surface area contributed by atoms with E-state index < -0.39 is 0 Å². The van der Waals surface area contributed by atoms with Gasteiger partial charge in [-0.3, -0.25) is 4.90 Å². The van der Waals surface area contributed by atoms with E-state index in [0.29, 0.717) is 5.95 Å². The van der Waals surface area contributed by atoms with Crippen LogP contribution >= 0.6 is 0 Å². The van der Waals surface area contributed by atoms with E-state index in [1.165, 1.54) is 11.1 Å². The molecule has 0 unspecified atom stereocenters. The van der Waals surface area contributed by atoms with Crippen molar-refractivity contribution in [2.45, 2.75) is 33.4 Å². The molecule has 0 amide bonds. The van der Waals surface area contributed by atoms with Gasteiger partial charge >= 0.3 is 0 Å². The minimum Gasteiger partial charge on any atom is -0.489 e. The number of ether oxygens (including phenoxy) is 2. The molecule has 0 radical (unpaired) electrons. The molecule has 0 aliphatic carbocycles. The third-order valence-electron chi connectivity index (χ3n) is 6.03. The van der Waals surface area contributed by atoms with Crippen LogP contribution < -0.4 is 10.1 Å². The first-order chi connectivity index (χ1) is 16.6. The number of aromatic nitrogens is 3. The fraction of sp³-hybridized carbons (Fsp3) is 0.333. The molecule has 7 heteroatoms. The highest BCUT2D eigenvalue weighted by molar-refractivity contribution is 5.79. The van der Waals surface area contributed by atoms with Crippen molar-refractivity contribution in [3.05, 3.63) is 72.1 Å². The van der Waals surface area contributed by atoms with Crippen LogP contribution in [0.5, 0.6) is 5.75 Å². The number of fused-ring (bicyclic) bond motifs is 1. The molecule has 0 bridgehead atoms. The summed E-state index contributed by atoms with van der Waals surface area (Å²) in [6.07, 6.45) is 3.99. The molecule has 0 spiro atoms. The van der Waals surface area contributed by atoms with Crippen molar-refractivity contribution in [1.29, 1.82) is 0 Å². The zero-order valence-electron chi connectivity index (χ0n) is 20.0. The molecule has 1 aliphatic rings. The second-order valence-corrected chi connectivity index (χ2v) is 8.95. The SMILES string of the molecule is Cc1cc(-n2ccc3cnc(Nc4ccccc4OC(C)C)nc32)ccc1CN1CCOCC1. The maximum atomic E-state index is 5.93. The summed E-state index contributed by atoms with van der Waals surface area (Å²) in [5, 5.41) is 4.32. The molecule has 7 nitrogen and oxygen atoms in total. The summed E-state index contributed by atoms with van der Waals surface area (Å²) in [7, 11) is 0. The van der Waals surface area contributed by atoms with E-state index in [2.05, 4.69) is 51.1 Å². The molecular weight excluding hydrogens is 426 g/mol. The Morgan fingerprint density at radius 2 is 1.91 bits per heavy atom. The summed E-state index contributed by atoms with van der Waals surface area (Å²) in [5.74, 6) is 1.32. The number of benzene rings is 2. The van der Waals surface area contributed by atoms with Gasteiger partial charge in [-0.1, -0.05) is 18.2 Å². The lowest BCUT2D eigenvalue weighted by Gasteiger charge is -2.27. The van der Waals surface area contributed by atoms with Crippen molar-refractivity contribution in [3.63, 3.8) is 0 Å². The Kier molecular flexibility index (Phi) is 6.47. The largest absolute Gasteiger partial charge is 0.489 e. The van der Waals surface area contributed by atoms with Crippen molar-refractivity contribution in [2.75, 3.05) is 31.6 Å². The van der Waals surface area contributed by atoms with Gasteiger partial charge in [0.1, 0.15) is 11.4 Å². The average molecular weight is 458 g/mol. The fourth-order valence-electron chi connectivity index (χ4n) is 4.24. The van der Waals surface area contributed by atoms with E-state index >= 15 is 0 Å². The number of anilines is 2. The Hall–Kier alpha value is -3.42. The number of nitrogens with zero attached hydrogens (tertiary/aromatic N) is 4. The van der Waals surface area contributed by atoms with E-state index in [1.54, 1.807) is 0 Å². The molecule has 1 fully saturated rings. The lowest BCUT2D eigenvalue weighted by molar-refractivity contribution is 0.0341. The predicted molar refractivity (Wildman–Crippen MR) is 135 cm³/mol. The fourth-order valence-corrected chi connectivity index (χ4v) is 4.24. The quantitative estimate of drug-likeness (QED) is 0.417. The van der Waals surface area contributed by atoms with Gasteiger partial charge in [-0.2, -0.15) is 4.98 Å². The number of nitrogens with one attached hydrogen (secondary N) is 1. The normalized spacial score (nSPS) is 14.6. The van der Waals surface area contributed by atoms with E-state index in [-0.39, 0.29) is 6.10 Å². The Bertz CT molecular complexity index is 1280. The molecule has 3 heterocycles. The van der Waals surface area contributed by atoms with Crippen LogP contribution in [-0.4, -0.2) is 51.8 Å². The number of hydrogen-bond acceptors (Lipinski definition) is 6. The van der Waals surface area contributed by atoms with E-state index in [4.69, 9.17) is 14.5 Å². The lowest BCUT2D eigenvalue weighted by atomic mass is 10.1. The number of aryl methyl sites for hydroxylation is 1. The predicted octanol–water partition coefficient (Wildman–Crippen LogP) is 5.09. The molecule has 2 aromatic carbocycles. The van der Waals surface area contributed by atoms with Gasteiger partial charge in [0.25, 0.3) is 0 Å². The van der Waals surface area contributed by atoms with E-state index in [1.807, 2.05) is 50.4 Å². The molecule has 4 aromatic rings. The Balaban J connectivity index is 1.41. The molecule has 2 aromatic heterocycles. The molecule has 176 valence electrons. The molecule has 0 atom stereocenters. The topological polar surface area (TPSA) is 64.4 Å². The van der Waals surface area contributed by atoms with Gasteiger partial charge < -0.3 is 19.4 Å². The summed E-state index contributed by atoms with van der Waals surface area (Å²) in [5.41, 5.74) is 5.42. The number of hydrogen-bond donors (Lipinski definition) is 1. The summed E-state index contributed by atoms with van der Waals surface area (Å²) in [6.45, 7) is 10.8. The summed E-state index contributed by atoms with van der Waals surface area (Å²) >= 11 is 0. The van der Waals surface area contributed by atoms with Gasteiger partial charge in [0, 0.05) is 43.1 Å². The van der Waals surface area contributed by atoms with Crippen LogP contribution in [0.1, 0.15) is 25.0 Å². The molecule has 5 rings (SSSR count). The van der Waals surface area contributed by atoms with Crippen LogP contribution in [0.25, 0.3) is 16.7 Å². The Morgan fingerprint density at radius 3 is 2.71 bits per heavy atom. The van der Waals surface area contributed by atoms with Gasteiger partial charge in [0.2, 0.25) is 5.95 Å². The summed E-state index contributed by atoms with van der Waals surface area (Å²) < 4.78 is 13.5. The number of morpholine rings is 1. The van der Waals surface area contributed by atoms with Gasteiger partial charge in [-0.15, -0.1) is 0 Å². The smallest absolute Gasteiger partial charge is 0.229 e. The first kappa shape index (κ1) is 22.4. The average Bonchev–Trinajstić information content (AvgIpc) is 3.25. The first-order valence-electron chi connectivity index (χ1n) is 11.8. The molecule has 0 saturated carbocycles. The molecule has 1 saturated heterocycles. The molecule has 1 aliphatic heterocycles. The van der Waals surface area contributed by atoms with Crippen LogP contribution in [0.3, 0.4) is 0 Å². The third kappa shape index (κ3) is 4.90. The summed E-state index contributed by atoms with van der Waals surface area (Å²) in [6, 6.07) is 16.5. The van der Waals surface area contributed by atoms with Gasteiger partial charge in [-0.25, -0.2) is 4.98 Å². The summed E-state index contributed by atoms with van der Waals surface area (Å²) in [4.78, 5) is 11.8. The van der Waals surface area contributed by atoms with E-state index in [9.17, 15) is 0 Å². The maximum Gasteiger partial charge on any atom is 0.229 e. The Morgan fingerprint density at radius 1 is 1.09 bits per heavy atom. The number of para-hydroxylation sites is 2. The Labute approximate surface area is 200 Å². The zero-order chi connectivity index (χ0) is 23.5. The molecule has 34 heavy (non-hydrogen) atoms. The standard InChI is InChI=1S/C27H31N5O2/c1-19(2)34-25-7-5-4-6-24(25)29-27-28-17-21-10-11-32(26(21)30-27)23-9-8-22(20(3)16-23)18-31-12-14-33-15-13-31/h4-11,16-17,19H,12-15,18H2,1-3H3,(H,28,29,30). The van der Waals surface area contributed by atoms with Crippen LogP contribution in [0, 0.1) is 6.92 Å². The van der Waals surface area contributed by atoms with Crippen molar-refractivity contribution in [3.8, 4) is 11.4 Å². The second kappa shape index (κ2) is 9.83. The van der Waals surface area contributed by atoms with Crippen molar-refractivity contribution in [2.24, 2.45) is 0 Å². The first-order valence-corrected chi connectivity index (χ1v) is 11.8. The van der Waals surface area contributed by atoms with Crippen LogP contribution in [-0.2, 0) is 11.3 Å². The van der Waals surface area contributed by atoms with Crippen LogP contribution in [0.2, 0.25) is 0 Å². The zero-order valence-corrected chi connectivity index (χ0v) is 20.0. The lowest BCUT2D eigenvalue weighted by Crippen LogP contribution is -2.35. The van der Waals surface area contributed by atoms with Gasteiger partial charge in [0.05, 0.1) is 25.0 Å². The third-order valence-corrected chi connectivity index (χ3v) is 6.03. The molecule has 1 N–H and O–H groups in total. The minimum absolute atomic E-state index is 0.0815. The van der Waals surface area contributed by atoms with Gasteiger partial charge in [-0.05, 0) is 62.2 Å². The minimum atomic E-state index is 0.0815. The highest BCUT2D eigenvalue weighted by Crippen LogP contribution is 2.28. The van der Waals surface area contributed by atoms with Gasteiger partial charge in [0.15, 0.2) is 0 Å².